The summed E-state index contributed by atoms with van der Waals surface area (Å²) in [5.74, 6) is 0.290. The molecule has 1 fully saturated rings. The van der Waals surface area contributed by atoms with E-state index in [1.54, 1.807) is 0 Å². The molecule has 1 saturated heterocycles. The van der Waals surface area contributed by atoms with Crippen LogP contribution in [0.2, 0.25) is 0 Å². The molecule has 120 valence electrons. The molecule has 1 aromatic carbocycles. The average molecular weight is 304 g/mol. The van der Waals surface area contributed by atoms with Gasteiger partial charge < -0.3 is 10.6 Å². The number of hydrogen-bond donors (Lipinski definition) is 2. The molecule has 0 saturated carbocycles. The van der Waals surface area contributed by atoms with Crippen LogP contribution in [0.25, 0.3) is 0 Å². The quantitative estimate of drug-likeness (QED) is 0.825. The van der Waals surface area contributed by atoms with Crippen molar-refractivity contribution >= 4 is 11.9 Å². The number of quaternary nitrogens is 1. The van der Waals surface area contributed by atoms with Gasteiger partial charge in [-0.1, -0.05) is 45.0 Å². The minimum absolute atomic E-state index is 0.120. The normalized spacial score (nSPS) is 16.0. The smallest absolute Gasteiger partial charge is 0.324 e. The van der Waals surface area contributed by atoms with E-state index in [1.807, 2.05) is 5.32 Å². The number of imide groups is 1. The Labute approximate surface area is 132 Å². The van der Waals surface area contributed by atoms with Crippen molar-refractivity contribution in [2.24, 2.45) is 5.92 Å². The van der Waals surface area contributed by atoms with Crippen LogP contribution in [0.3, 0.4) is 0 Å². The number of nitrogens with zero attached hydrogens (tertiary/aromatic N) is 1. The minimum Gasteiger partial charge on any atom is -0.336 e. The molecule has 1 aromatic rings. The van der Waals surface area contributed by atoms with Gasteiger partial charge in [0.25, 0.3) is 5.91 Å². The number of benzene rings is 1. The Bertz CT molecular complexity index is 525. The molecular formula is C17H26N3O2+. The summed E-state index contributed by atoms with van der Waals surface area (Å²) in [5.41, 5.74) is 2.54. The third-order valence-corrected chi connectivity index (χ3v) is 4.20. The van der Waals surface area contributed by atoms with E-state index in [-0.39, 0.29) is 18.0 Å². The minimum atomic E-state index is -0.271. The Morgan fingerprint density at radius 1 is 1.32 bits per heavy atom. The molecule has 5 heteroatoms. The zero-order valence-electron chi connectivity index (χ0n) is 13.6. The SMILES string of the molecule is CCc1ccc([C@H]([NH2+]CC(=O)N2CCNC2=O)C(C)C)cc1. The summed E-state index contributed by atoms with van der Waals surface area (Å²) in [7, 11) is 0. The van der Waals surface area contributed by atoms with Crippen LogP contribution in [-0.4, -0.2) is 36.5 Å². The first-order valence-corrected chi connectivity index (χ1v) is 8.03. The molecule has 2 rings (SSSR count). The molecule has 3 amide bonds. The largest absolute Gasteiger partial charge is 0.336 e. The summed E-state index contributed by atoms with van der Waals surface area (Å²) in [5, 5.41) is 4.70. The molecule has 0 unspecified atom stereocenters. The van der Waals surface area contributed by atoms with Gasteiger partial charge in [0.05, 0.1) is 0 Å². The third-order valence-electron chi connectivity index (χ3n) is 4.20. The Kier molecular flexibility index (Phi) is 5.55. The van der Waals surface area contributed by atoms with Crippen molar-refractivity contribution in [1.29, 1.82) is 0 Å². The van der Waals surface area contributed by atoms with Gasteiger partial charge in [-0.25, -0.2) is 4.79 Å². The maximum absolute atomic E-state index is 12.1. The van der Waals surface area contributed by atoms with Gasteiger partial charge in [-0.2, -0.15) is 0 Å². The Balaban J connectivity index is 1.99. The van der Waals surface area contributed by atoms with Gasteiger partial charge in [-0.3, -0.25) is 9.69 Å². The van der Waals surface area contributed by atoms with E-state index in [4.69, 9.17) is 0 Å². The van der Waals surface area contributed by atoms with Crippen molar-refractivity contribution in [3.63, 3.8) is 0 Å². The van der Waals surface area contributed by atoms with Crippen LogP contribution >= 0.6 is 0 Å². The van der Waals surface area contributed by atoms with Crippen molar-refractivity contribution < 1.29 is 14.9 Å². The van der Waals surface area contributed by atoms with E-state index in [9.17, 15) is 9.59 Å². The summed E-state index contributed by atoms with van der Waals surface area (Å²) in [6.07, 6.45) is 1.03. The van der Waals surface area contributed by atoms with Crippen LogP contribution in [0, 0.1) is 5.92 Å². The van der Waals surface area contributed by atoms with Gasteiger partial charge in [0.1, 0.15) is 6.04 Å². The molecule has 1 aliphatic rings. The molecule has 3 N–H and O–H groups in total. The number of carbonyl (C=O) groups excluding carboxylic acids is 2. The molecule has 0 aromatic heterocycles. The Morgan fingerprint density at radius 2 is 2.00 bits per heavy atom. The highest BCUT2D eigenvalue weighted by Crippen LogP contribution is 2.18. The monoisotopic (exact) mass is 304 g/mol. The predicted octanol–water partition coefficient (Wildman–Crippen LogP) is 1.06. The second kappa shape index (κ2) is 7.40. The van der Waals surface area contributed by atoms with Gasteiger partial charge in [-0.15, -0.1) is 0 Å². The first kappa shape index (κ1) is 16.5. The Morgan fingerprint density at radius 3 is 2.50 bits per heavy atom. The fourth-order valence-corrected chi connectivity index (χ4v) is 2.82. The summed E-state index contributed by atoms with van der Waals surface area (Å²) in [4.78, 5) is 25.0. The van der Waals surface area contributed by atoms with Crippen LogP contribution in [0.15, 0.2) is 24.3 Å². The van der Waals surface area contributed by atoms with Gasteiger partial charge in [0.2, 0.25) is 0 Å². The summed E-state index contributed by atoms with van der Waals surface area (Å²) in [6.45, 7) is 7.77. The van der Waals surface area contributed by atoms with E-state index in [0.29, 0.717) is 25.6 Å². The molecule has 1 heterocycles. The number of nitrogens with two attached hydrogens (primary N) is 1. The predicted molar refractivity (Wildman–Crippen MR) is 85.3 cm³/mol. The molecule has 0 spiro atoms. The summed E-state index contributed by atoms with van der Waals surface area (Å²) >= 11 is 0. The molecule has 22 heavy (non-hydrogen) atoms. The van der Waals surface area contributed by atoms with E-state index in [0.717, 1.165) is 6.42 Å². The highest BCUT2D eigenvalue weighted by atomic mass is 16.2. The number of amides is 3. The van der Waals surface area contributed by atoms with E-state index in [1.165, 1.54) is 16.0 Å². The van der Waals surface area contributed by atoms with E-state index < -0.39 is 0 Å². The highest BCUT2D eigenvalue weighted by Gasteiger charge is 2.28. The van der Waals surface area contributed by atoms with Crippen molar-refractivity contribution in [2.45, 2.75) is 33.2 Å². The van der Waals surface area contributed by atoms with Gasteiger partial charge >= 0.3 is 6.03 Å². The van der Waals surface area contributed by atoms with E-state index >= 15 is 0 Å². The number of aryl methyl sites for hydroxylation is 1. The zero-order valence-corrected chi connectivity index (χ0v) is 13.6. The number of nitrogens with one attached hydrogen (secondary N) is 1. The molecule has 0 radical (unpaired) electrons. The van der Waals surface area contributed by atoms with Crippen molar-refractivity contribution in [3.05, 3.63) is 35.4 Å². The average Bonchev–Trinajstić information content (AvgIpc) is 2.94. The number of carbonyl (C=O) groups is 2. The van der Waals surface area contributed by atoms with Crippen LogP contribution in [-0.2, 0) is 11.2 Å². The topological polar surface area (TPSA) is 66.0 Å². The zero-order chi connectivity index (χ0) is 16.1. The molecular weight excluding hydrogens is 278 g/mol. The fourth-order valence-electron chi connectivity index (χ4n) is 2.82. The van der Waals surface area contributed by atoms with E-state index in [2.05, 4.69) is 50.4 Å². The van der Waals surface area contributed by atoms with Gasteiger partial charge in [0.15, 0.2) is 6.54 Å². The van der Waals surface area contributed by atoms with Crippen molar-refractivity contribution in [1.82, 2.24) is 10.2 Å². The lowest BCUT2D eigenvalue weighted by Crippen LogP contribution is -2.88. The molecule has 1 aliphatic heterocycles. The lowest BCUT2D eigenvalue weighted by molar-refractivity contribution is -0.692. The van der Waals surface area contributed by atoms with Crippen molar-refractivity contribution in [3.8, 4) is 0 Å². The van der Waals surface area contributed by atoms with Gasteiger partial charge in [-0.05, 0) is 12.0 Å². The summed E-state index contributed by atoms with van der Waals surface area (Å²) < 4.78 is 0. The van der Waals surface area contributed by atoms with Crippen LogP contribution in [0.4, 0.5) is 4.79 Å². The van der Waals surface area contributed by atoms with Gasteiger partial charge in [0, 0.05) is 24.6 Å². The standard InChI is InChI=1S/C17H25N3O2/c1-4-13-5-7-14(8-6-13)16(12(2)3)19-11-15(21)20-10-9-18-17(20)22/h5-8,12,16,19H,4,9-11H2,1-3H3,(H,18,22)/p+1/t16-/m1/s1. The van der Waals surface area contributed by atoms with Crippen LogP contribution < -0.4 is 10.6 Å². The molecule has 5 nitrogen and oxygen atoms in total. The lowest BCUT2D eigenvalue weighted by atomic mass is 9.95. The first-order valence-electron chi connectivity index (χ1n) is 8.03. The second-order valence-electron chi connectivity index (χ2n) is 6.08. The summed E-state index contributed by atoms with van der Waals surface area (Å²) in [6, 6.07) is 8.54. The first-order chi connectivity index (χ1) is 10.5. The van der Waals surface area contributed by atoms with Crippen LogP contribution in [0.5, 0.6) is 0 Å². The number of urea groups is 1. The highest BCUT2D eigenvalue weighted by molar-refractivity contribution is 5.96. The van der Waals surface area contributed by atoms with Crippen LogP contribution in [0.1, 0.15) is 37.9 Å². The number of hydrogen-bond acceptors (Lipinski definition) is 2. The molecule has 0 aliphatic carbocycles. The fraction of sp³-hybridized carbons (Fsp3) is 0.529. The maximum Gasteiger partial charge on any atom is 0.324 e. The number of rotatable bonds is 6. The molecule has 0 bridgehead atoms. The maximum atomic E-state index is 12.1. The Hall–Kier alpha value is -1.88. The second-order valence-corrected chi connectivity index (χ2v) is 6.08. The van der Waals surface area contributed by atoms with Crippen molar-refractivity contribution in [2.75, 3.05) is 19.6 Å². The lowest BCUT2D eigenvalue weighted by Gasteiger charge is -2.21. The molecule has 1 atom stereocenters. The third kappa shape index (κ3) is 3.85.